The molecule has 152 valence electrons. The number of aromatic nitrogens is 1. The van der Waals surface area contributed by atoms with Gasteiger partial charge in [-0.25, -0.2) is 4.98 Å². The van der Waals surface area contributed by atoms with Gasteiger partial charge >= 0.3 is 0 Å². The van der Waals surface area contributed by atoms with E-state index in [0.717, 1.165) is 36.7 Å². The molecule has 1 fully saturated rings. The standard InChI is InChI=1S/C21H29N3O4/c1-13(2)27-19-11-17-15(10-18(19)20(22)26)4-7-23-21(17)28-16-5-8-24(9-6-16)12-14(3)25/h4,7,10-11,13-14,16,25H,5-6,8-9,12H2,1-3H3,(H2,22,26). The molecule has 0 aliphatic carbocycles. The summed E-state index contributed by atoms with van der Waals surface area (Å²) < 4.78 is 12.0. The van der Waals surface area contributed by atoms with Crippen molar-refractivity contribution in [3.05, 3.63) is 30.0 Å². The number of aliphatic hydroxyl groups is 1. The molecular formula is C21H29N3O4. The quantitative estimate of drug-likeness (QED) is 0.757. The van der Waals surface area contributed by atoms with Gasteiger partial charge < -0.3 is 25.2 Å². The van der Waals surface area contributed by atoms with E-state index in [9.17, 15) is 9.90 Å². The molecule has 28 heavy (non-hydrogen) atoms. The molecule has 2 aromatic rings. The lowest BCUT2D eigenvalue weighted by molar-refractivity contribution is 0.0660. The number of hydrogen-bond acceptors (Lipinski definition) is 6. The highest BCUT2D eigenvalue weighted by Gasteiger charge is 2.23. The van der Waals surface area contributed by atoms with Crippen molar-refractivity contribution in [2.75, 3.05) is 19.6 Å². The molecule has 1 aliphatic heterocycles. The number of benzene rings is 1. The highest BCUT2D eigenvalue weighted by atomic mass is 16.5. The van der Waals surface area contributed by atoms with E-state index >= 15 is 0 Å². The van der Waals surface area contributed by atoms with Gasteiger partial charge in [0.1, 0.15) is 11.9 Å². The lowest BCUT2D eigenvalue weighted by Gasteiger charge is -2.32. The predicted molar refractivity (Wildman–Crippen MR) is 108 cm³/mol. The summed E-state index contributed by atoms with van der Waals surface area (Å²) in [7, 11) is 0. The fraction of sp³-hybridized carbons (Fsp3) is 0.524. The van der Waals surface area contributed by atoms with E-state index < -0.39 is 5.91 Å². The molecule has 7 heteroatoms. The molecule has 0 saturated carbocycles. The highest BCUT2D eigenvalue weighted by molar-refractivity contribution is 6.01. The molecule has 1 amide bonds. The number of hydrogen-bond donors (Lipinski definition) is 2. The fourth-order valence-electron chi connectivity index (χ4n) is 3.55. The molecule has 1 unspecified atom stereocenters. The minimum Gasteiger partial charge on any atom is -0.490 e. The van der Waals surface area contributed by atoms with Crippen LogP contribution in [0.1, 0.15) is 44.0 Å². The number of likely N-dealkylation sites (tertiary alicyclic amines) is 1. The Balaban J connectivity index is 1.83. The molecule has 0 bridgehead atoms. The highest BCUT2D eigenvalue weighted by Crippen LogP contribution is 2.32. The van der Waals surface area contributed by atoms with Crippen molar-refractivity contribution in [2.45, 2.75) is 51.9 Å². The number of amides is 1. The van der Waals surface area contributed by atoms with Crippen LogP contribution in [-0.4, -0.2) is 58.8 Å². The van der Waals surface area contributed by atoms with Crippen LogP contribution in [0, 0.1) is 0 Å². The summed E-state index contributed by atoms with van der Waals surface area (Å²) in [5.74, 6) is 0.456. The van der Waals surface area contributed by atoms with E-state index in [0.29, 0.717) is 23.7 Å². The van der Waals surface area contributed by atoms with Gasteiger partial charge in [0, 0.05) is 31.2 Å². The number of β-amino-alcohol motifs (C(OH)–C–C–N with tert-alkyl or cyclic N) is 1. The molecule has 2 heterocycles. The summed E-state index contributed by atoms with van der Waals surface area (Å²) >= 11 is 0. The second-order valence-electron chi connectivity index (χ2n) is 7.68. The number of rotatable bonds is 7. The van der Waals surface area contributed by atoms with Gasteiger partial charge in [0.05, 0.1) is 17.8 Å². The van der Waals surface area contributed by atoms with Crippen molar-refractivity contribution < 1.29 is 19.4 Å². The van der Waals surface area contributed by atoms with Gasteiger partial charge in [0.2, 0.25) is 5.88 Å². The Morgan fingerprint density at radius 2 is 2.04 bits per heavy atom. The molecule has 0 radical (unpaired) electrons. The Hall–Kier alpha value is -2.38. The number of fused-ring (bicyclic) bond motifs is 1. The minimum atomic E-state index is -0.526. The number of pyridine rings is 1. The summed E-state index contributed by atoms with van der Waals surface area (Å²) in [4.78, 5) is 18.5. The van der Waals surface area contributed by atoms with Crippen molar-refractivity contribution in [3.8, 4) is 11.6 Å². The van der Waals surface area contributed by atoms with Gasteiger partial charge in [-0.3, -0.25) is 4.79 Å². The number of ether oxygens (including phenoxy) is 2. The first-order valence-electron chi connectivity index (χ1n) is 9.79. The maximum atomic E-state index is 11.8. The van der Waals surface area contributed by atoms with E-state index in [1.165, 1.54) is 0 Å². The number of carbonyl (C=O) groups is 1. The molecule has 0 spiro atoms. The minimum absolute atomic E-state index is 0.0635. The normalized spacial score (nSPS) is 17.0. The fourth-order valence-corrected chi connectivity index (χ4v) is 3.55. The number of aliphatic hydroxyl groups excluding tert-OH is 1. The zero-order valence-corrected chi connectivity index (χ0v) is 16.7. The number of carbonyl (C=O) groups excluding carboxylic acids is 1. The summed E-state index contributed by atoms with van der Waals surface area (Å²) in [5.41, 5.74) is 5.88. The van der Waals surface area contributed by atoms with Gasteiger partial charge in [-0.15, -0.1) is 0 Å². The largest absolute Gasteiger partial charge is 0.490 e. The van der Waals surface area contributed by atoms with Crippen LogP contribution < -0.4 is 15.2 Å². The van der Waals surface area contributed by atoms with Gasteiger partial charge in [0.15, 0.2) is 0 Å². The Kier molecular flexibility index (Phi) is 6.36. The SMILES string of the molecule is CC(O)CN1CCC(Oc2nccc3cc(C(N)=O)c(OC(C)C)cc23)CC1. The van der Waals surface area contributed by atoms with Crippen molar-refractivity contribution in [3.63, 3.8) is 0 Å². The van der Waals surface area contributed by atoms with Gasteiger partial charge in [-0.05, 0) is 57.2 Å². The first kappa shape index (κ1) is 20.4. The monoisotopic (exact) mass is 387 g/mol. The van der Waals surface area contributed by atoms with Crippen LogP contribution in [0.15, 0.2) is 24.4 Å². The third-order valence-corrected chi connectivity index (χ3v) is 4.79. The van der Waals surface area contributed by atoms with Crippen LogP contribution in [0.25, 0.3) is 10.8 Å². The van der Waals surface area contributed by atoms with Gasteiger partial charge in [-0.2, -0.15) is 0 Å². The lowest BCUT2D eigenvalue weighted by atomic mass is 10.1. The third-order valence-electron chi connectivity index (χ3n) is 4.79. The van der Waals surface area contributed by atoms with Crippen LogP contribution in [-0.2, 0) is 0 Å². The van der Waals surface area contributed by atoms with Crippen LogP contribution in [0.2, 0.25) is 0 Å². The zero-order valence-electron chi connectivity index (χ0n) is 16.7. The van der Waals surface area contributed by atoms with Crippen molar-refractivity contribution in [1.29, 1.82) is 0 Å². The van der Waals surface area contributed by atoms with Crippen molar-refractivity contribution in [1.82, 2.24) is 9.88 Å². The second-order valence-corrected chi connectivity index (χ2v) is 7.68. The first-order chi connectivity index (χ1) is 13.3. The summed E-state index contributed by atoms with van der Waals surface area (Å²) in [6, 6.07) is 5.36. The number of nitrogens with zero attached hydrogens (tertiary/aromatic N) is 2. The molecular weight excluding hydrogens is 358 g/mol. The number of nitrogens with two attached hydrogens (primary N) is 1. The Bertz CT molecular complexity index is 830. The molecule has 1 aliphatic rings. The second kappa shape index (κ2) is 8.75. The maximum absolute atomic E-state index is 11.8. The molecule has 7 nitrogen and oxygen atoms in total. The van der Waals surface area contributed by atoms with Crippen LogP contribution in [0.5, 0.6) is 11.6 Å². The molecule has 1 atom stereocenters. The first-order valence-corrected chi connectivity index (χ1v) is 9.79. The molecule has 1 saturated heterocycles. The number of piperidine rings is 1. The Morgan fingerprint density at radius 3 is 2.64 bits per heavy atom. The van der Waals surface area contributed by atoms with Gasteiger partial charge in [-0.1, -0.05) is 0 Å². The van der Waals surface area contributed by atoms with Gasteiger partial charge in [0.25, 0.3) is 5.91 Å². The molecule has 1 aromatic carbocycles. The topological polar surface area (TPSA) is 97.9 Å². The van der Waals surface area contributed by atoms with Crippen LogP contribution in [0.3, 0.4) is 0 Å². The van der Waals surface area contributed by atoms with Crippen molar-refractivity contribution >= 4 is 16.7 Å². The zero-order chi connectivity index (χ0) is 20.3. The van der Waals surface area contributed by atoms with E-state index in [1.807, 2.05) is 19.9 Å². The van der Waals surface area contributed by atoms with E-state index in [4.69, 9.17) is 15.2 Å². The predicted octanol–water partition coefficient (Wildman–Crippen LogP) is 2.34. The maximum Gasteiger partial charge on any atom is 0.252 e. The lowest BCUT2D eigenvalue weighted by Crippen LogP contribution is -2.41. The molecule has 3 N–H and O–H groups in total. The Labute approximate surface area is 165 Å². The molecule has 3 rings (SSSR count). The van der Waals surface area contributed by atoms with Crippen molar-refractivity contribution in [2.24, 2.45) is 5.73 Å². The number of primary amides is 1. The van der Waals surface area contributed by atoms with Crippen LogP contribution >= 0.6 is 0 Å². The average molecular weight is 387 g/mol. The Morgan fingerprint density at radius 1 is 1.32 bits per heavy atom. The summed E-state index contributed by atoms with van der Waals surface area (Å²) in [5, 5.41) is 11.2. The summed E-state index contributed by atoms with van der Waals surface area (Å²) in [6.45, 7) is 8.06. The third kappa shape index (κ3) is 4.91. The van der Waals surface area contributed by atoms with E-state index in [1.54, 1.807) is 25.3 Å². The van der Waals surface area contributed by atoms with E-state index in [2.05, 4.69) is 9.88 Å². The molecule has 1 aromatic heterocycles. The summed E-state index contributed by atoms with van der Waals surface area (Å²) in [6.07, 6.45) is 3.08. The smallest absolute Gasteiger partial charge is 0.252 e. The van der Waals surface area contributed by atoms with E-state index in [-0.39, 0.29) is 18.3 Å². The average Bonchev–Trinajstić information content (AvgIpc) is 2.62. The van der Waals surface area contributed by atoms with Crippen LogP contribution in [0.4, 0.5) is 0 Å².